The summed E-state index contributed by atoms with van der Waals surface area (Å²) in [6.07, 6.45) is 3.57. The Hall–Kier alpha value is -2.95. The zero-order valence-corrected chi connectivity index (χ0v) is 16.5. The van der Waals surface area contributed by atoms with Gasteiger partial charge in [-0.15, -0.1) is 0 Å². The molecule has 0 saturated heterocycles. The third kappa shape index (κ3) is 3.44. The van der Waals surface area contributed by atoms with Crippen LogP contribution in [0.25, 0.3) is 28.1 Å². The van der Waals surface area contributed by atoms with Crippen molar-refractivity contribution >= 4 is 11.6 Å². The van der Waals surface area contributed by atoms with E-state index in [1.165, 1.54) is 0 Å². The molecule has 2 heterocycles. The predicted molar refractivity (Wildman–Crippen MR) is 113 cm³/mol. The summed E-state index contributed by atoms with van der Waals surface area (Å²) >= 11 is 6.11. The van der Waals surface area contributed by atoms with E-state index in [0.29, 0.717) is 11.6 Å². The summed E-state index contributed by atoms with van der Waals surface area (Å²) in [7, 11) is 1.70. The van der Waals surface area contributed by atoms with Crippen molar-refractivity contribution in [2.75, 3.05) is 7.11 Å². The number of rotatable bonds is 5. The van der Waals surface area contributed by atoms with E-state index in [-0.39, 0.29) is 0 Å². The molecule has 0 fully saturated rings. The lowest BCUT2D eigenvalue weighted by molar-refractivity contribution is 0.184. The molecule has 4 aromatic rings. The normalized spacial score (nSPS) is 11.0. The number of pyridine rings is 1. The molecule has 0 atom stereocenters. The highest BCUT2D eigenvalue weighted by Gasteiger charge is 2.20. The van der Waals surface area contributed by atoms with Gasteiger partial charge in [0.15, 0.2) is 0 Å². The second kappa shape index (κ2) is 7.97. The minimum atomic E-state index is 0.524. The van der Waals surface area contributed by atoms with Gasteiger partial charge in [0.25, 0.3) is 0 Å². The summed E-state index contributed by atoms with van der Waals surface area (Å²) in [5.74, 6) is 0. The fourth-order valence-corrected chi connectivity index (χ4v) is 3.53. The van der Waals surface area contributed by atoms with E-state index in [4.69, 9.17) is 21.4 Å². The van der Waals surface area contributed by atoms with Crippen LogP contribution in [-0.2, 0) is 11.3 Å². The zero-order valence-electron chi connectivity index (χ0n) is 15.8. The molecular formula is C23H20ClN3O. The molecule has 2 aromatic heterocycles. The molecule has 28 heavy (non-hydrogen) atoms. The van der Waals surface area contributed by atoms with E-state index in [1.54, 1.807) is 19.5 Å². The molecule has 0 aliphatic carbocycles. The Morgan fingerprint density at radius 3 is 2.36 bits per heavy atom. The number of methoxy groups -OCH3 is 1. The van der Waals surface area contributed by atoms with Gasteiger partial charge in [-0.05, 0) is 42.8 Å². The summed E-state index contributed by atoms with van der Waals surface area (Å²) in [5.41, 5.74) is 7.23. The maximum atomic E-state index is 6.11. The zero-order chi connectivity index (χ0) is 19.5. The highest BCUT2D eigenvalue weighted by Crippen LogP contribution is 2.36. The standard InChI is InChI=1S/C23H20ClN3O/c1-16-22(17-7-9-20(24)10-8-17)23(18-11-13-25-14-12-18)26-27(16)21-6-4-3-5-19(21)15-28-2/h3-14H,15H2,1-2H3. The fraction of sp³-hybridized carbons (Fsp3) is 0.130. The third-order valence-corrected chi connectivity index (χ3v) is 4.97. The Kier molecular flexibility index (Phi) is 5.24. The van der Waals surface area contributed by atoms with E-state index < -0.39 is 0 Å². The van der Waals surface area contributed by atoms with Crippen LogP contribution >= 0.6 is 11.6 Å². The Balaban J connectivity index is 1.97. The maximum absolute atomic E-state index is 6.11. The molecule has 0 N–H and O–H groups in total. The molecule has 0 bridgehead atoms. The van der Waals surface area contributed by atoms with E-state index >= 15 is 0 Å². The molecule has 0 spiro atoms. The van der Waals surface area contributed by atoms with Crippen molar-refractivity contribution < 1.29 is 4.74 Å². The Bertz CT molecular complexity index is 1090. The van der Waals surface area contributed by atoms with E-state index in [2.05, 4.69) is 24.0 Å². The van der Waals surface area contributed by atoms with Gasteiger partial charge >= 0.3 is 0 Å². The molecule has 0 saturated carbocycles. The number of nitrogens with zero attached hydrogens (tertiary/aromatic N) is 3. The van der Waals surface area contributed by atoms with Crippen molar-refractivity contribution in [3.63, 3.8) is 0 Å². The number of aromatic nitrogens is 3. The van der Waals surface area contributed by atoms with Crippen molar-refractivity contribution in [1.29, 1.82) is 0 Å². The maximum Gasteiger partial charge on any atom is 0.101 e. The Labute approximate surface area is 169 Å². The van der Waals surface area contributed by atoms with Crippen molar-refractivity contribution in [1.82, 2.24) is 14.8 Å². The van der Waals surface area contributed by atoms with Crippen LogP contribution in [0.4, 0.5) is 0 Å². The van der Waals surface area contributed by atoms with Crippen molar-refractivity contribution in [2.45, 2.75) is 13.5 Å². The van der Waals surface area contributed by atoms with Crippen LogP contribution in [0.15, 0.2) is 73.1 Å². The van der Waals surface area contributed by atoms with Gasteiger partial charge in [0.05, 0.1) is 12.3 Å². The van der Waals surface area contributed by atoms with Gasteiger partial charge in [0.1, 0.15) is 5.69 Å². The van der Waals surface area contributed by atoms with E-state index in [1.807, 2.05) is 53.2 Å². The van der Waals surface area contributed by atoms with Crippen molar-refractivity contribution in [2.24, 2.45) is 0 Å². The van der Waals surface area contributed by atoms with Crippen LogP contribution in [-0.4, -0.2) is 21.9 Å². The number of para-hydroxylation sites is 1. The lowest BCUT2D eigenvalue weighted by atomic mass is 10.00. The summed E-state index contributed by atoms with van der Waals surface area (Å²) in [4.78, 5) is 4.14. The smallest absolute Gasteiger partial charge is 0.101 e. The molecule has 4 rings (SSSR count). The topological polar surface area (TPSA) is 39.9 Å². The molecule has 0 aliphatic heterocycles. The van der Waals surface area contributed by atoms with Crippen LogP contribution in [0.1, 0.15) is 11.3 Å². The summed E-state index contributed by atoms with van der Waals surface area (Å²) < 4.78 is 7.38. The molecular weight excluding hydrogens is 370 g/mol. The summed E-state index contributed by atoms with van der Waals surface area (Å²) in [6, 6.07) is 20.0. The Morgan fingerprint density at radius 2 is 1.64 bits per heavy atom. The first-order chi connectivity index (χ1) is 13.7. The largest absolute Gasteiger partial charge is 0.380 e. The van der Waals surface area contributed by atoms with Crippen LogP contribution in [0.5, 0.6) is 0 Å². The third-order valence-electron chi connectivity index (χ3n) is 4.72. The fourth-order valence-electron chi connectivity index (χ4n) is 3.41. The van der Waals surface area contributed by atoms with Crippen LogP contribution in [0.3, 0.4) is 0 Å². The lowest BCUT2D eigenvalue weighted by Crippen LogP contribution is -2.04. The number of hydrogen-bond acceptors (Lipinski definition) is 3. The lowest BCUT2D eigenvalue weighted by Gasteiger charge is -2.11. The van der Waals surface area contributed by atoms with Gasteiger partial charge in [-0.3, -0.25) is 4.98 Å². The minimum absolute atomic E-state index is 0.524. The molecule has 4 nitrogen and oxygen atoms in total. The molecule has 5 heteroatoms. The van der Waals surface area contributed by atoms with Crippen molar-refractivity contribution in [3.05, 3.63) is 89.3 Å². The first-order valence-corrected chi connectivity index (χ1v) is 9.40. The number of halogens is 1. The van der Waals surface area contributed by atoms with Gasteiger partial charge in [-0.2, -0.15) is 5.10 Å². The first kappa shape index (κ1) is 18.4. The van der Waals surface area contributed by atoms with Gasteiger partial charge in [0, 0.05) is 46.9 Å². The second-order valence-electron chi connectivity index (χ2n) is 6.53. The molecule has 0 amide bonds. The van der Waals surface area contributed by atoms with Gasteiger partial charge in [-0.25, -0.2) is 4.68 Å². The van der Waals surface area contributed by atoms with Gasteiger partial charge in [-0.1, -0.05) is 41.9 Å². The number of benzene rings is 2. The van der Waals surface area contributed by atoms with Gasteiger partial charge < -0.3 is 4.74 Å². The monoisotopic (exact) mass is 389 g/mol. The van der Waals surface area contributed by atoms with Crippen molar-refractivity contribution in [3.8, 4) is 28.1 Å². The summed E-state index contributed by atoms with van der Waals surface area (Å²) in [5, 5.41) is 5.70. The molecule has 2 aromatic carbocycles. The number of hydrogen-bond donors (Lipinski definition) is 0. The van der Waals surface area contributed by atoms with Gasteiger partial charge in [0.2, 0.25) is 0 Å². The quantitative estimate of drug-likeness (QED) is 0.439. The average molecular weight is 390 g/mol. The average Bonchev–Trinajstić information content (AvgIpc) is 3.07. The van der Waals surface area contributed by atoms with E-state index in [9.17, 15) is 0 Å². The highest BCUT2D eigenvalue weighted by molar-refractivity contribution is 6.30. The molecule has 140 valence electrons. The highest BCUT2D eigenvalue weighted by atomic mass is 35.5. The minimum Gasteiger partial charge on any atom is -0.380 e. The molecule has 0 aliphatic rings. The Morgan fingerprint density at radius 1 is 0.929 bits per heavy atom. The molecule has 0 radical (unpaired) electrons. The predicted octanol–water partition coefficient (Wildman–Crippen LogP) is 5.71. The first-order valence-electron chi connectivity index (χ1n) is 9.02. The van der Waals surface area contributed by atoms with Crippen LogP contribution < -0.4 is 0 Å². The molecule has 0 unspecified atom stereocenters. The summed E-state index contributed by atoms with van der Waals surface area (Å²) in [6.45, 7) is 2.61. The number of ether oxygens (including phenoxy) is 1. The second-order valence-corrected chi connectivity index (χ2v) is 6.96. The van der Waals surface area contributed by atoms with Crippen LogP contribution in [0, 0.1) is 6.92 Å². The van der Waals surface area contributed by atoms with Crippen LogP contribution in [0.2, 0.25) is 5.02 Å². The van der Waals surface area contributed by atoms with E-state index in [0.717, 1.165) is 39.3 Å². The SMILES string of the molecule is COCc1ccccc1-n1nc(-c2ccncc2)c(-c2ccc(Cl)cc2)c1C.